The Morgan fingerprint density at radius 3 is 2.44 bits per heavy atom. The summed E-state index contributed by atoms with van der Waals surface area (Å²) in [6.07, 6.45) is 3.71. The number of hydrogen-bond acceptors (Lipinski definition) is 5. The number of methoxy groups -OCH3 is 1. The molecule has 0 aliphatic carbocycles. The summed E-state index contributed by atoms with van der Waals surface area (Å²) in [5, 5.41) is 21.6. The molecule has 5 rings (SSSR count). The van der Waals surface area contributed by atoms with E-state index in [4.69, 9.17) is 16.3 Å². The first-order chi connectivity index (χ1) is 16.6. The van der Waals surface area contributed by atoms with Crippen molar-refractivity contribution in [2.75, 3.05) is 12.0 Å². The van der Waals surface area contributed by atoms with Gasteiger partial charge in [0.05, 0.1) is 25.3 Å². The Balaban J connectivity index is 1.82. The molecule has 0 aromatic heterocycles. The van der Waals surface area contributed by atoms with Gasteiger partial charge in [-0.15, -0.1) is 0 Å². The summed E-state index contributed by atoms with van der Waals surface area (Å²) in [4.78, 5) is 16.1. The van der Waals surface area contributed by atoms with E-state index >= 15 is 0 Å². The highest BCUT2D eigenvalue weighted by Crippen LogP contribution is 2.57. The number of ether oxygens (including phenoxy) is 1. The van der Waals surface area contributed by atoms with E-state index in [0.29, 0.717) is 21.9 Å². The number of ketones is 1. The number of Topliss-reactive ketones (excluding diaryl/α,β-unsaturated/α-hetero) is 1. The first-order valence-corrected chi connectivity index (χ1v) is 11.2. The Kier molecular flexibility index (Phi) is 5.36. The van der Waals surface area contributed by atoms with Gasteiger partial charge in [-0.2, -0.15) is 10.5 Å². The largest absolute Gasteiger partial charge is 0.496 e. The lowest BCUT2D eigenvalue weighted by atomic mass is 9.69. The topological polar surface area (TPSA) is 77.1 Å². The Hall–Kier alpha value is -4.06. The van der Waals surface area contributed by atoms with Gasteiger partial charge in [-0.25, -0.2) is 0 Å². The molecule has 2 heterocycles. The number of nitriles is 2. The van der Waals surface area contributed by atoms with Crippen LogP contribution < -0.4 is 9.64 Å². The van der Waals surface area contributed by atoms with Gasteiger partial charge in [-0.05, 0) is 29.8 Å². The van der Waals surface area contributed by atoms with Crippen LogP contribution in [0, 0.1) is 28.1 Å². The highest BCUT2D eigenvalue weighted by Gasteiger charge is 2.63. The molecule has 0 saturated carbocycles. The number of benzene rings is 3. The summed E-state index contributed by atoms with van der Waals surface area (Å²) in [5.41, 5.74) is 1.24. The lowest BCUT2D eigenvalue weighted by Crippen LogP contribution is -2.44. The van der Waals surface area contributed by atoms with Gasteiger partial charge in [0.15, 0.2) is 11.2 Å². The smallest absolute Gasteiger partial charge is 0.185 e. The number of anilines is 1. The highest BCUT2D eigenvalue weighted by molar-refractivity contribution is 6.30. The molecule has 34 heavy (non-hydrogen) atoms. The van der Waals surface area contributed by atoms with Gasteiger partial charge in [-0.3, -0.25) is 4.79 Å². The molecule has 0 N–H and O–H groups in total. The third kappa shape index (κ3) is 3.10. The number of hydrogen-bond donors (Lipinski definition) is 0. The van der Waals surface area contributed by atoms with E-state index in [-0.39, 0.29) is 5.78 Å². The van der Waals surface area contributed by atoms with E-state index in [1.54, 1.807) is 31.4 Å². The van der Waals surface area contributed by atoms with Crippen LogP contribution in [-0.2, 0) is 0 Å². The van der Waals surface area contributed by atoms with Crippen LogP contribution in [0.15, 0.2) is 78.9 Å². The molecule has 0 spiro atoms. The average molecular weight is 466 g/mol. The van der Waals surface area contributed by atoms with Crippen LogP contribution in [0.3, 0.4) is 0 Å². The number of halogens is 1. The van der Waals surface area contributed by atoms with Crippen LogP contribution in [0.4, 0.5) is 5.69 Å². The van der Waals surface area contributed by atoms with Gasteiger partial charge >= 0.3 is 0 Å². The summed E-state index contributed by atoms with van der Waals surface area (Å²) >= 11 is 6.25. The molecule has 2 aliphatic rings. The van der Waals surface area contributed by atoms with Crippen molar-refractivity contribution in [1.29, 1.82) is 10.5 Å². The van der Waals surface area contributed by atoms with Crippen molar-refractivity contribution in [2.24, 2.45) is 5.41 Å². The fourth-order valence-electron chi connectivity index (χ4n) is 5.30. The molecule has 2 aliphatic heterocycles. The summed E-state index contributed by atoms with van der Waals surface area (Å²) in [6.45, 7) is 0. The lowest BCUT2D eigenvalue weighted by Gasteiger charge is -2.35. The molecular formula is C28H20ClN3O2. The summed E-state index contributed by atoms with van der Waals surface area (Å²) in [7, 11) is 1.55. The Morgan fingerprint density at radius 1 is 1.03 bits per heavy atom. The molecular weight excluding hydrogens is 446 g/mol. The molecule has 0 amide bonds. The first kappa shape index (κ1) is 21.8. The van der Waals surface area contributed by atoms with Gasteiger partial charge in [0.2, 0.25) is 0 Å². The Morgan fingerprint density at radius 2 is 1.74 bits per heavy atom. The molecule has 1 fully saturated rings. The van der Waals surface area contributed by atoms with E-state index in [9.17, 15) is 15.3 Å². The number of rotatable bonds is 4. The second-order valence-corrected chi connectivity index (χ2v) is 8.84. The van der Waals surface area contributed by atoms with Crippen LogP contribution >= 0.6 is 11.6 Å². The van der Waals surface area contributed by atoms with Crippen LogP contribution in [-0.4, -0.2) is 25.0 Å². The van der Waals surface area contributed by atoms with Crippen LogP contribution in [0.1, 0.15) is 27.4 Å². The van der Waals surface area contributed by atoms with Crippen molar-refractivity contribution in [3.8, 4) is 17.9 Å². The molecule has 0 radical (unpaired) electrons. The molecule has 1 saturated heterocycles. The monoisotopic (exact) mass is 465 g/mol. The number of para-hydroxylation sites is 1. The minimum Gasteiger partial charge on any atom is -0.496 e. The van der Waals surface area contributed by atoms with E-state index in [1.165, 1.54) is 0 Å². The van der Waals surface area contributed by atoms with Crippen LogP contribution in [0.2, 0.25) is 5.02 Å². The fourth-order valence-corrected chi connectivity index (χ4v) is 5.49. The second-order valence-electron chi connectivity index (χ2n) is 8.40. The van der Waals surface area contributed by atoms with Gasteiger partial charge in [0, 0.05) is 27.8 Å². The number of nitrogens with zero attached hydrogens (tertiary/aromatic N) is 3. The van der Waals surface area contributed by atoms with Crippen LogP contribution in [0.5, 0.6) is 5.75 Å². The molecule has 3 aromatic rings. The molecule has 5 nitrogen and oxygen atoms in total. The normalized spacial score (nSPS) is 21.6. The summed E-state index contributed by atoms with van der Waals surface area (Å²) in [6, 6.07) is 24.9. The first-order valence-electron chi connectivity index (χ1n) is 10.9. The number of fused-ring (bicyclic) bond motifs is 3. The maximum Gasteiger partial charge on any atom is 0.185 e. The van der Waals surface area contributed by atoms with E-state index in [2.05, 4.69) is 12.1 Å². The minimum absolute atomic E-state index is 0.162. The zero-order valence-electron chi connectivity index (χ0n) is 18.4. The standard InChI is InChI=1S/C28H20ClN3O2/c1-34-23-10-6-5-9-21(23)25-26(27(33)18-7-3-2-4-8-18)32-22-13-12-20(29)15-19(22)11-14-24(32)28(25,16-30)17-31/h2-15,24-26H,1H3/t24-,25-,26+/m1/s1. The summed E-state index contributed by atoms with van der Waals surface area (Å²) < 4.78 is 5.63. The van der Waals surface area contributed by atoms with Crippen molar-refractivity contribution in [1.82, 2.24) is 0 Å². The molecule has 0 unspecified atom stereocenters. The fraction of sp³-hybridized carbons (Fsp3) is 0.179. The average Bonchev–Trinajstić information content (AvgIpc) is 3.19. The summed E-state index contributed by atoms with van der Waals surface area (Å²) in [5.74, 6) is -0.388. The zero-order chi connectivity index (χ0) is 23.9. The quantitative estimate of drug-likeness (QED) is 0.466. The van der Waals surface area contributed by atoms with Gasteiger partial charge in [-0.1, -0.05) is 72.3 Å². The minimum atomic E-state index is -1.53. The van der Waals surface area contributed by atoms with Crippen LogP contribution in [0.25, 0.3) is 6.08 Å². The molecule has 166 valence electrons. The van der Waals surface area contributed by atoms with Crippen molar-refractivity contribution in [2.45, 2.75) is 18.0 Å². The van der Waals surface area contributed by atoms with E-state index < -0.39 is 23.4 Å². The van der Waals surface area contributed by atoms with Gasteiger partial charge < -0.3 is 9.64 Å². The molecule has 3 atom stereocenters. The number of carbonyl (C=O) groups excluding carboxylic acids is 1. The molecule has 6 heteroatoms. The zero-order valence-corrected chi connectivity index (χ0v) is 19.1. The third-order valence-corrected chi connectivity index (χ3v) is 7.00. The third-order valence-electron chi connectivity index (χ3n) is 6.77. The van der Waals surface area contributed by atoms with Crippen molar-refractivity contribution >= 4 is 29.1 Å². The molecule has 0 bridgehead atoms. The van der Waals surface area contributed by atoms with Crippen molar-refractivity contribution in [3.05, 3.63) is 101 Å². The number of carbonyl (C=O) groups is 1. The second kappa shape index (κ2) is 8.37. The molecule has 3 aromatic carbocycles. The lowest BCUT2D eigenvalue weighted by molar-refractivity contribution is 0.0950. The highest BCUT2D eigenvalue weighted by atomic mass is 35.5. The predicted octanol–water partition coefficient (Wildman–Crippen LogP) is 5.63. The maximum atomic E-state index is 14.1. The van der Waals surface area contributed by atoms with Gasteiger partial charge in [0.1, 0.15) is 11.8 Å². The Labute approximate surface area is 203 Å². The Bertz CT molecular complexity index is 1370. The maximum absolute atomic E-state index is 14.1. The SMILES string of the molecule is COc1ccccc1[C@@H]1[C@@H](C(=O)c2ccccc2)N2c3ccc(Cl)cc3C=C[C@@H]2C1(C#N)C#N. The van der Waals surface area contributed by atoms with E-state index in [1.807, 2.05) is 65.6 Å². The predicted molar refractivity (Wildman–Crippen MR) is 131 cm³/mol. The van der Waals surface area contributed by atoms with Gasteiger partial charge in [0.25, 0.3) is 0 Å². The van der Waals surface area contributed by atoms with Crippen molar-refractivity contribution in [3.63, 3.8) is 0 Å². The van der Waals surface area contributed by atoms with E-state index in [0.717, 1.165) is 11.3 Å². The van der Waals surface area contributed by atoms with Crippen molar-refractivity contribution < 1.29 is 9.53 Å².